The summed E-state index contributed by atoms with van der Waals surface area (Å²) >= 11 is 0. The normalized spacial score (nSPS) is 16.3. The molecule has 114 valence electrons. The largest absolute Gasteiger partial charge is 0.496 e. The highest BCUT2D eigenvalue weighted by Crippen LogP contribution is 2.24. The Bertz CT molecular complexity index is 685. The smallest absolute Gasteiger partial charge is 0.339 e. The van der Waals surface area contributed by atoms with Crippen LogP contribution < -0.4 is 10.1 Å². The maximum atomic E-state index is 12.4. The van der Waals surface area contributed by atoms with Gasteiger partial charge in [0.2, 0.25) is 15.9 Å². The lowest BCUT2D eigenvalue weighted by molar-refractivity contribution is -0.122. The molecule has 0 saturated carbocycles. The molecule has 0 aromatic heterocycles. The summed E-state index contributed by atoms with van der Waals surface area (Å²) < 4.78 is 30.7. The molecular weight excluding hydrogens is 300 g/mol. The Morgan fingerprint density at radius 3 is 2.71 bits per heavy atom. The number of piperazine rings is 1. The van der Waals surface area contributed by atoms with Crippen molar-refractivity contribution in [2.45, 2.75) is 4.90 Å². The first-order valence-electron chi connectivity index (χ1n) is 6.04. The van der Waals surface area contributed by atoms with E-state index in [1.807, 2.05) is 0 Å². The summed E-state index contributed by atoms with van der Waals surface area (Å²) in [7, 11) is -2.63. The quantitative estimate of drug-likeness (QED) is 0.775. The molecule has 1 aliphatic rings. The van der Waals surface area contributed by atoms with Gasteiger partial charge in [-0.1, -0.05) is 0 Å². The number of methoxy groups -OCH3 is 1. The number of benzene rings is 1. The zero-order valence-electron chi connectivity index (χ0n) is 11.2. The Balaban J connectivity index is 2.42. The van der Waals surface area contributed by atoms with Crippen molar-refractivity contribution >= 4 is 21.9 Å². The minimum atomic E-state index is -3.92. The summed E-state index contributed by atoms with van der Waals surface area (Å²) in [4.78, 5) is 22.2. The van der Waals surface area contributed by atoms with Crippen molar-refractivity contribution in [1.82, 2.24) is 9.62 Å². The van der Waals surface area contributed by atoms with E-state index < -0.39 is 21.9 Å². The summed E-state index contributed by atoms with van der Waals surface area (Å²) in [5, 5.41) is 11.6. The molecule has 1 heterocycles. The van der Waals surface area contributed by atoms with Crippen LogP contribution >= 0.6 is 0 Å². The van der Waals surface area contributed by atoms with Gasteiger partial charge < -0.3 is 15.2 Å². The van der Waals surface area contributed by atoms with Crippen molar-refractivity contribution in [2.75, 3.05) is 26.7 Å². The zero-order valence-corrected chi connectivity index (χ0v) is 12.0. The van der Waals surface area contributed by atoms with Crippen molar-refractivity contribution in [2.24, 2.45) is 0 Å². The predicted octanol–water partition coefficient (Wildman–Crippen LogP) is -0.486. The van der Waals surface area contributed by atoms with Crippen LogP contribution in [0, 0.1) is 0 Å². The van der Waals surface area contributed by atoms with Crippen LogP contribution in [0.5, 0.6) is 5.75 Å². The highest BCUT2D eigenvalue weighted by molar-refractivity contribution is 7.89. The third kappa shape index (κ3) is 2.98. The number of aromatic carboxylic acids is 1. The molecule has 0 unspecified atom stereocenters. The van der Waals surface area contributed by atoms with Gasteiger partial charge in [-0.3, -0.25) is 4.79 Å². The van der Waals surface area contributed by atoms with Crippen molar-refractivity contribution in [3.8, 4) is 5.75 Å². The first-order valence-corrected chi connectivity index (χ1v) is 7.48. The van der Waals surface area contributed by atoms with E-state index in [-0.39, 0.29) is 35.8 Å². The fourth-order valence-corrected chi connectivity index (χ4v) is 3.41. The molecule has 0 radical (unpaired) electrons. The van der Waals surface area contributed by atoms with Gasteiger partial charge in [0.05, 0.1) is 18.6 Å². The molecule has 1 aromatic rings. The van der Waals surface area contributed by atoms with E-state index in [9.17, 15) is 18.0 Å². The van der Waals surface area contributed by atoms with E-state index in [1.165, 1.54) is 19.2 Å². The van der Waals surface area contributed by atoms with Crippen LogP contribution in [0.25, 0.3) is 0 Å². The topological polar surface area (TPSA) is 113 Å². The first-order chi connectivity index (χ1) is 9.86. The van der Waals surface area contributed by atoms with Crippen LogP contribution in [-0.2, 0) is 14.8 Å². The van der Waals surface area contributed by atoms with E-state index in [0.29, 0.717) is 0 Å². The number of ether oxygens (including phenoxy) is 1. The minimum Gasteiger partial charge on any atom is -0.496 e. The van der Waals surface area contributed by atoms with Gasteiger partial charge in [0.15, 0.2) is 0 Å². The Morgan fingerprint density at radius 1 is 1.43 bits per heavy atom. The van der Waals surface area contributed by atoms with Crippen molar-refractivity contribution in [1.29, 1.82) is 0 Å². The Hall–Kier alpha value is -2.13. The van der Waals surface area contributed by atoms with Crippen LogP contribution in [-0.4, -0.2) is 56.5 Å². The van der Waals surface area contributed by atoms with Crippen LogP contribution in [0.2, 0.25) is 0 Å². The molecule has 1 saturated heterocycles. The van der Waals surface area contributed by atoms with E-state index in [0.717, 1.165) is 10.4 Å². The Labute approximate surface area is 121 Å². The lowest BCUT2D eigenvalue weighted by atomic mass is 10.2. The summed E-state index contributed by atoms with van der Waals surface area (Å²) in [5.41, 5.74) is -0.250. The number of hydrogen-bond acceptors (Lipinski definition) is 5. The molecule has 1 aliphatic heterocycles. The number of carboxylic acid groups (broad SMARTS) is 1. The fraction of sp³-hybridized carbons (Fsp3) is 0.333. The molecule has 0 bridgehead atoms. The molecule has 2 N–H and O–H groups in total. The number of amides is 1. The summed E-state index contributed by atoms with van der Waals surface area (Å²) in [6, 6.07) is 3.57. The molecule has 8 nitrogen and oxygen atoms in total. The number of nitrogens with one attached hydrogen (secondary N) is 1. The summed E-state index contributed by atoms with van der Waals surface area (Å²) in [6.07, 6.45) is 0. The average Bonchev–Trinajstić information content (AvgIpc) is 2.46. The SMILES string of the molecule is COc1ccc(S(=O)(=O)N2CCNC(=O)C2)cc1C(=O)O. The van der Waals surface area contributed by atoms with Crippen molar-refractivity contribution in [3.05, 3.63) is 23.8 Å². The second-order valence-corrected chi connectivity index (χ2v) is 6.29. The summed E-state index contributed by atoms with van der Waals surface area (Å²) in [6.45, 7) is 0.0826. The van der Waals surface area contributed by atoms with Gasteiger partial charge in [0.25, 0.3) is 0 Å². The fourth-order valence-electron chi connectivity index (χ4n) is 1.98. The van der Waals surface area contributed by atoms with Crippen molar-refractivity contribution < 1.29 is 27.9 Å². The molecule has 2 rings (SSSR count). The second kappa shape index (κ2) is 5.70. The molecule has 21 heavy (non-hydrogen) atoms. The zero-order chi connectivity index (χ0) is 15.6. The molecule has 1 amide bonds. The monoisotopic (exact) mass is 314 g/mol. The van der Waals surface area contributed by atoms with E-state index in [2.05, 4.69) is 5.32 Å². The molecule has 0 spiro atoms. The van der Waals surface area contributed by atoms with Crippen LogP contribution in [0.3, 0.4) is 0 Å². The van der Waals surface area contributed by atoms with E-state index in [1.54, 1.807) is 0 Å². The van der Waals surface area contributed by atoms with Crippen LogP contribution in [0.4, 0.5) is 0 Å². The van der Waals surface area contributed by atoms with Gasteiger partial charge in [0, 0.05) is 13.1 Å². The number of carbonyl (C=O) groups is 2. The maximum Gasteiger partial charge on any atom is 0.339 e. The predicted molar refractivity (Wildman–Crippen MR) is 71.7 cm³/mol. The standard InChI is InChI=1S/C12H14N2O6S/c1-20-10-3-2-8(6-9(10)12(16)17)21(18,19)14-5-4-13-11(15)7-14/h2-3,6H,4-5,7H2,1H3,(H,13,15)(H,16,17). The molecule has 1 fully saturated rings. The van der Waals surface area contributed by atoms with Crippen LogP contribution in [0.15, 0.2) is 23.1 Å². The highest BCUT2D eigenvalue weighted by atomic mass is 32.2. The minimum absolute atomic E-state index is 0.0674. The van der Waals surface area contributed by atoms with Gasteiger partial charge in [-0.05, 0) is 18.2 Å². The molecule has 1 aromatic carbocycles. The van der Waals surface area contributed by atoms with Crippen molar-refractivity contribution in [3.63, 3.8) is 0 Å². The lowest BCUT2D eigenvalue weighted by Gasteiger charge is -2.26. The number of sulfonamides is 1. The summed E-state index contributed by atoms with van der Waals surface area (Å²) in [5.74, 6) is -1.62. The molecule has 0 aliphatic carbocycles. The van der Waals surface area contributed by atoms with Gasteiger partial charge >= 0.3 is 5.97 Å². The number of hydrogen-bond donors (Lipinski definition) is 2. The maximum absolute atomic E-state index is 12.4. The average molecular weight is 314 g/mol. The Kier molecular flexibility index (Phi) is 4.14. The lowest BCUT2D eigenvalue weighted by Crippen LogP contribution is -2.49. The number of carbonyl (C=O) groups excluding carboxylic acids is 1. The Morgan fingerprint density at radius 2 is 2.14 bits per heavy atom. The third-order valence-electron chi connectivity index (χ3n) is 3.04. The third-order valence-corrected chi connectivity index (χ3v) is 4.88. The number of carboxylic acids is 1. The second-order valence-electron chi connectivity index (χ2n) is 4.36. The van der Waals surface area contributed by atoms with Gasteiger partial charge in [0.1, 0.15) is 11.3 Å². The van der Waals surface area contributed by atoms with E-state index >= 15 is 0 Å². The van der Waals surface area contributed by atoms with E-state index in [4.69, 9.17) is 9.84 Å². The number of nitrogens with zero attached hydrogens (tertiary/aromatic N) is 1. The molecule has 9 heteroatoms. The van der Waals surface area contributed by atoms with Gasteiger partial charge in [-0.15, -0.1) is 0 Å². The van der Waals surface area contributed by atoms with Gasteiger partial charge in [-0.2, -0.15) is 4.31 Å². The highest BCUT2D eigenvalue weighted by Gasteiger charge is 2.30. The van der Waals surface area contributed by atoms with Crippen LogP contribution in [0.1, 0.15) is 10.4 Å². The molecular formula is C12H14N2O6S. The number of rotatable bonds is 4. The molecule has 0 atom stereocenters. The van der Waals surface area contributed by atoms with Gasteiger partial charge in [-0.25, -0.2) is 13.2 Å². The first kappa shape index (κ1) is 15.3.